The minimum Gasteiger partial charge on any atom is -0.392 e. The molecule has 4 aliphatic rings. The molecule has 118 valence electrons. The van der Waals surface area contributed by atoms with E-state index in [0.29, 0.717) is 24.5 Å². The Morgan fingerprint density at radius 3 is 2.95 bits per heavy atom. The molecular weight excluding hydrogens is 286 g/mol. The summed E-state index contributed by atoms with van der Waals surface area (Å²) < 4.78 is 11.0. The molecule has 1 aliphatic carbocycles. The molecule has 1 aromatic rings. The first-order valence-electron chi connectivity index (χ1n) is 8.20. The van der Waals surface area contributed by atoms with Gasteiger partial charge in [0.1, 0.15) is 0 Å². The van der Waals surface area contributed by atoms with E-state index in [1.807, 2.05) is 4.90 Å². The van der Waals surface area contributed by atoms with Crippen LogP contribution in [0.15, 0.2) is 9.21 Å². The highest BCUT2D eigenvalue weighted by Gasteiger charge is 2.64. The zero-order chi connectivity index (χ0) is 14.8. The van der Waals surface area contributed by atoms with Gasteiger partial charge in [0.2, 0.25) is 11.8 Å². The molecule has 5 rings (SSSR count). The van der Waals surface area contributed by atoms with E-state index in [2.05, 4.69) is 10.2 Å². The molecule has 6 atom stereocenters. The quantitative estimate of drug-likeness (QED) is 0.859. The van der Waals surface area contributed by atoms with Crippen molar-refractivity contribution >= 4 is 5.91 Å². The van der Waals surface area contributed by atoms with Crippen LogP contribution in [0.3, 0.4) is 0 Å². The van der Waals surface area contributed by atoms with Gasteiger partial charge in [0.25, 0.3) is 0 Å². The second kappa shape index (κ2) is 4.44. The maximum absolute atomic E-state index is 12.9. The van der Waals surface area contributed by atoms with Crippen LogP contribution in [0.4, 0.5) is 0 Å². The molecule has 0 radical (unpaired) electrons. The average Bonchev–Trinajstić information content (AvgIpc) is 2.90. The van der Waals surface area contributed by atoms with Crippen LogP contribution in [-0.2, 0) is 9.53 Å². The smallest absolute Gasteiger partial charge is 0.392 e. The number of carbonyl (C=O) groups excluding carboxylic acids is 1. The Morgan fingerprint density at radius 2 is 2.23 bits per heavy atom. The van der Waals surface area contributed by atoms with E-state index in [-0.39, 0.29) is 23.8 Å². The minimum atomic E-state index is -0.528. The molecule has 0 spiro atoms. The fourth-order valence-electron chi connectivity index (χ4n) is 4.72. The SMILES string of the molecule is O=C([C@@H]1C[C@@H]2O[C@H]1[C@H]1C[C@H]12)N1CCCC(c2n[nH]c(=O)o2)C1. The summed E-state index contributed by atoms with van der Waals surface area (Å²) in [7, 11) is 0. The van der Waals surface area contributed by atoms with E-state index in [0.717, 1.165) is 31.7 Å². The number of H-pyrrole nitrogens is 1. The molecule has 4 fully saturated rings. The molecule has 1 unspecified atom stereocenters. The lowest BCUT2D eigenvalue weighted by atomic mass is 9.87. The van der Waals surface area contributed by atoms with E-state index in [1.165, 1.54) is 6.42 Å². The molecule has 3 aliphatic heterocycles. The Labute approximate surface area is 127 Å². The number of aromatic amines is 1. The van der Waals surface area contributed by atoms with Gasteiger partial charge < -0.3 is 14.1 Å². The van der Waals surface area contributed by atoms with Crippen LogP contribution in [0, 0.1) is 17.8 Å². The van der Waals surface area contributed by atoms with Crippen molar-refractivity contribution in [1.82, 2.24) is 15.1 Å². The van der Waals surface area contributed by atoms with Gasteiger partial charge in [0.05, 0.1) is 24.0 Å². The molecule has 1 amide bonds. The number of fused-ring (bicyclic) bond motifs is 5. The first-order chi connectivity index (χ1) is 10.7. The Balaban J connectivity index is 1.30. The van der Waals surface area contributed by atoms with Gasteiger partial charge in [-0.2, -0.15) is 0 Å². The van der Waals surface area contributed by atoms with Gasteiger partial charge in [0.15, 0.2) is 0 Å². The largest absolute Gasteiger partial charge is 0.434 e. The van der Waals surface area contributed by atoms with Gasteiger partial charge in [-0.3, -0.25) is 4.79 Å². The minimum absolute atomic E-state index is 0.0184. The number of amides is 1. The van der Waals surface area contributed by atoms with Crippen LogP contribution in [-0.4, -0.2) is 46.3 Å². The van der Waals surface area contributed by atoms with Crippen LogP contribution in [0.5, 0.6) is 0 Å². The van der Waals surface area contributed by atoms with E-state index >= 15 is 0 Å². The normalized spacial score (nSPS) is 42.5. The highest BCUT2D eigenvalue weighted by Crippen LogP contribution is 2.60. The van der Waals surface area contributed by atoms with Crippen LogP contribution in [0.25, 0.3) is 0 Å². The summed E-state index contributed by atoms with van der Waals surface area (Å²) in [6, 6.07) is 0. The molecule has 7 heteroatoms. The van der Waals surface area contributed by atoms with Crippen molar-refractivity contribution in [2.75, 3.05) is 13.1 Å². The maximum atomic E-state index is 12.9. The number of carbonyl (C=O) groups is 1. The number of nitrogens with one attached hydrogen (secondary N) is 1. The molecule has 2 bridgehead atoms. The predicted molar refractivity (Wildman–Crippen MR) is 74.0 cm³/mol. The number of piperidine rings is 1. The van der Waals surface area contributed by atoms with Crippen molar-refractivity contribution in [3.05, 3.63) is 16.4 Å². The molecule has 22 heavy (non-hydrogen) atoms. The summed E-state index contributed by atoms with van der Waals surface area (Å²) in [6.45, 7) is 1.38. The van der Waals surface area contributed by atoms with Crippen molar-refractivity contribution in [2.24, 2.45) is 17.8 Å². The molecule has 0 aromatic carbocycles. The number of hydrogen-bond acceptors (Lipinski definition) is 5. The summed E-state index contributed by atoms with van der Waals surface area (Å²) in [4.78, 5) is 25.9. The molecule has 1 N–H and O–H groups in total. The highest BCUT2D eigenvalue weighted by atomic mass is 16.5. The Hall–Kier alpha value is -1.63. The average molecular weight is 305 g/mol. The summed E-state index contributed by atoms with van der Waals surface area (Å²) in [5, 5.41) is 6.22. The van der Waals surface area contributed by atoms with Crippen molar-refractivity contribution in [2.45, 2.75) is 43.8 Å². The highest BCUT2D eigenvalue weighted by molar-refractivity contribution is 5.80. The first-order valence-corrected chi connectivity index (χ1v) is 8.20. The second-order valence-corrected chi connectivity index (χ2v) is 7.12. The van der Waals surface area contributed by atoms with Gasteiger partial charge in [-0.05, 0) is 37.5 Å². The third kappa shape index (κ3) is 1.81. The molecule has 4 heterocycles. The summed E-state index contributed by atoms with van der Waals surface area (Å²) in [5.74, 6) is 1.55. The number of hydrogen-bond donors (Lipinski definition) is 1. The maximum Gasteiger partial charge on any atom is 0.434 e. The Bertz CT molecular complexity index is 668. The third-order valence-electron chi connectivity index (χ3n) is 5.86. The van der Waals surface area contributed by atoms with Crippen molar-refractivity contribution in [1.29, 1.82) is 0 Å². The lowest BCUT2D eigenvalue weighted by Crippen LogP contribution is -2.45. The standard InChI is InChI=1S/C15H19N3O4/c19-14(10-5-11-8-4-9(8)12(10)21-11)18-3-1-2-7(6-18)13-16-17-15(20)22-13/h7-12H,1-6H2,(H,17,20)/t7?,8-,9+,10-,11+,12+/m1/s1. The van der Waals surface area contributed by atoms with Gasteiger partial charge in [-0.25, -0.2) is 9.89 Å². The summed E-state index contributed by atoms with van der Waals surface area (Å²) in [6.07, 6.45) is 4.44. The molecule has 7 nitrogen and oxygen atoms in total. The van der Waals surface area contributed by atoms with Crippen molar-refractivity contribution < 1.29 is 13.9 Å². The zero-order valence-electron chi connectivity index (χ0n) is 12.2. The van der Waals surface area contributed by atoms with Gasteiger partial charge in [-0.15, -0.1) is 5.10 Å². The van der Waals surface area contributed by atoms with Gasteiger partial charge in [0, 0.05) is 13.1 Å². The third-order valence-corrected chi connectivity index (χ3v) is 5.86. The number of aromatic nitrogens is 2. The zero-order valence-corrected chi connectivity index (χ0v) is 12.2. The first kappa shape index (κ1) is 12.9. The number of rotatable bonds is 2. The van der Waals surface area contributed by atoms with Crippen LogP contribution >= 0.6 is 0 Å². The lowest BCUT2D eigenvalue weighted by molar-refractivity contribution is -0.138. The summed E-state index contributed by atoms with van der Waals surface area (Å²) in [5.41, 5.74) is 0. The van der Waals surface area contributed by atoms with E-state index in [4.69, 9.17) is 9.15 Å². The number of likely N-dealkylation sites (tertiary alicyclic amines) is 1. The van der Waals surface area contributed by atoms with Gasteiger partial charge in [-0.1, -0.05) is 0 Å². The van der Waals surface area contributed by atoms with Crippen LogP contribution in [0.1, 0.15) is 37.5 Å². The second-order valence-electron chi connectivity index (χ2n) is 7.12. The molecular formula is C15H19N3O4. The van der Waals surface area contributed by atoms with Crippen LogP contribution < -0.4 is 5.76 Å². The number of nitrogens with zero attached hydrogens (tertiary/aromatic N) is 2. The summed E-state index contributed by atoms with van der Waals surface area (Å²) >= 11 is 0. The van der Waals surface area contributed by atoms with E-state index < -0.39 is 5.76 Å². The van der Waals surface area contributed by atoms with E-state index in [1.54, 1.807) is 0 Å². The Kier molecular flexibility index (Phi) is 2.60. The molecule has 1 saturated carbocycles. The fourth-order valence-corrected chi connectivity index (χ4v) is 4.72. The van der Waals surface area contributed by atoms with Crippen molar-refractivity contribution in [3.8, 4) is 0 Å². The molecule has 3 saturated heterocycles. The Morgan fingerprint density at radius 1 is 1.32 bits per heavy atom. The lowest BCUT2D eigenvalue weighted by Gasteiger charge is -2.34. The molecule has 1 aromatic heterocycles. The van der Waals surface area contributed by atoms with Crippen LogP contribution in [0.2, 0.25) is 0 Å². The number of ether oxygens (including phenoxy) is 1. The fraction of sp³-hybridized carbons (Fsp3) is 0.800. The van der Waals surface area contributed by atoms with E-state index in [9.17, 15) is 9.59 Å². The predicted octanol–water partition coefficient (Wildman–Crippen LogP) is 0.492. The van der Waals surface area contributed by atoms with Gasteiger partial charge >= 0.3 is 5.76 Å². The monoisotopic (exact) mass is 305 g/mol. The van der Waals surface area contributed by atoms with Crippen molar-refractivity contribution in [3.63, 3.8) is 0 Å². The topological polar surface area (TPSA) is 88.4 Å².